The highest BCUT2D eigenvalue weighted by Crippen LogP contribution is 2.31. The zero-order valence-corrected chi connectivity index (χ0v) is 18.6. The smallest absolute Gasteiger partial charge is 0.317 e. The average molecular weight is 426 g/mol. The summed E-state index contributed by atoms with van der Waals surface area (Å²) < 4.78 is -0.0777. The largest absolute Gasteiger partial charge is 0.340 e. The molecule has 7 heteroatoms. The van der Waals surface area contributed by atoms with E-state index in [2.05, 4.69) is 26.1 Å². The van der Waals surface area contributed by atoms with Crippen molar-refractivity contribution in [3.63, 3.8) is 0 Å². The SMILES string of the molecule is CCCC(C)(C)SC(=O)Nc1ccc(Cc2ccc(N3C(=O)N(C)C3=O)cc2)cc1. The summed E-state index contributed by atoms with van der Waals surface area (Å²) in [5.74, 6) is 0. The first kappa shape index (κ1) is 21.9. The number of nitrogens with one attached hydrogen (secondary N) is 1. The molecule has 0 aliphatic carbocycles. The molecule has 158 valence electrons. The van der Waals surface area contributed by atoms with Crippen molar-refractivity contribution in [1.82, 2.24) is 4.90 Å². The van der Waals surface area contributed by atoms with E-state index in [1.807, 2.05) is 36.4 Å². The summed E-state index contributed by atoms with van der Waals surface area (Å²) in [7, 11) is 1.46. The maximum Gasteiger partial charge on any atom is 0.340 e. The Morgan fingerprint density at radius 3 is 2.03 bits per heavy atom. The lowest BCUT2D eigenvalue weighted by atomic mass is 10.0. The van der Waals surface area contributed by atoms with Gasteiger partial charge in [0.05, 0.1) is 5.69 Å². The molecule has 1 N–H and O–H groups in total. The summed E-state index contributed by atoms with van der Waals surface area (Å²) in [6, 6.07) is 14.5. The van der Waals surface area contributed by atoms with Crippen LogP contribution in [-0.2, 0) is 6.42 Å². The van der Waals surface area contributed by atoms with Crippen LogP contribution in [0.1, 0.15) is 44.7 Å². The maximum absolute atomic E-state index is 12.3. The van der Waals surface area contributed by atoms with Gasteiger partial charge in [-0.3, -0.25) is 4.79 Å². The molecule has 1 aliphatic heterocycles. The molecule has 5 amide bonds. The Hall–Kier alpha value is -2.80. The van der Waals surface area contributed by atoms with Crippen LogP contribution in [0.2, 0.25) is 0 Å². The molecular weight excluding hydrogens is 398 g/mol. The minimum absolute atomic E-state index is 0.0440. The highest BCUT2D eigenvalue weighted by molar-refractivity contribution is 8.15. The Bertz CT molecular complexity index is 923. The van der Waals surface area contributed by atoms with Crippen molar-refractivity contribution in [3.05, 3.63) is 59.7 Å². The third kappa shape index (κ3) is 5.02. The predicted molar refractivity (Wildman–Crippen MR) is 122 cm³/mol. The van der Waals surface area contributed by atoms with Gasteiger partial charge in [0.25, 0.3) is 5.24 Å². The van der Waals surface area contributed by atoms with Gasteiger partial charge in [-0.05, 0) is 48.2 Å². The second-order valence-corrected chi connectivity index (χ2v) is 9.70. The van der Waals surface area contributed by atoms with Crippen LogP contribution in [0.4, 0.5) is 25.8 Å². The van der Waals surface area contributed by atoms with E-state index in [9.17, 15) is 14.4 Å². The molecule has 30 heavy (non-hydrogen) atoms. The first-order valence-corrected chi connectivity index (χ1v) is 10.8. The lowest BCUT2D eigenvalue weighted by Gasteiger charge is -2.36. The molecule has 0 spiro atoms. The molecule has 0 bridgehead atoms. The molecule has 1 aliphatic rings. The number of hydrogen-bond donors (Lipinski definition) is 1. The standard InChI is InChI=1S/C23H27N3O3S/c1-5-14-23(2,3)30-20(27)24-18-10-6-16(7-11-18)15-17-8-12-19(13-9-17)26-21(28)25(4)22(26)29/h6-13H,5,14-15H2,1-4H3,(H,24,27). The van der Waals surface area contributed by atoms with Crippen molar-refractivity contribution in [2.24, 2.45) is 0 Å². The van der Waals surface area contributed by atoms with Crippen LogP contribution in [0.15, 0.2) is 48.5 Å². The van der Waals surface area contributed by atoms with Gasteiger partial charge in [-0.25, -0.2) is 19.4 Å². The summed E-state index contributed by atoms with van der Waals surface area (Å²) >= 11 is 1.33. The lowest BCUT2D eigenvalue weighted by Crippen LogP contribution is -2.62. The molecule has 2 aromatic carbocycles. The summed E-state index contributed by atoms with van der Waals surface area (Å²) in [6.07, 6.45) is 2.75. The first-order valence-electron chi connectivity index (χ1n) is 10.00. The van der Waals surface area contributed by atoms with Gasteiger partial charge in [0, 0.05) is 17.5 Å². The van der Waals surface area contributed by atoms with E-state index in [1.54, 1.807) is 12.1 Å². The van der Waals surface area contributed by atoms with E-state index < -0.39 is 0 Å². The maximum atomic E-state index is 12.3. The zero-order chi connectivity index (χ0) is 21.9. The molecule has 0 atom stereocenters. The second kappa shape index (κ2) is 8.92. The van der Waals surface area contributed by atoms with Gasteiger partial charge in [0.15, 0.2) is 0 Å². The Labute approximate surface area is 181 Å². The first-order chi connectivity index (χ1) is 14.2. The van der Waals surface area contributed by atoms with Gasteiger partial charge < -0.3 is 5.32 Å². The molecule has 6 nitrogen and oxygen atoms in total. The topological polar surface area (TPSA) is 69.7 Å². The zero-order valence-electron chi connectivity index (χ0n) is 17.8. The second-order valence-electron chi connectivity index (χ2n) is 8.02. The van der Waals surface area contributed by atoms with Crippen molar-refractivity contribution in [1.29, 1.82) is 0 Å². The van der Waals surface area contributed by atoms with E-state index >= 15 is 0 Å². The number of carbonyl (C=O) groups is 3. The summed E-state index contributed by atoms with van der Waals surface area (Å²) in [5.41, 5.74) is 3.53. The van der Waals surface area contributed by atoms with Gasteiger partial charge >= 0.3 is 12.1 Å². The fraction of sp³-hybridized carbons (Fsp3) is 0.348. The summed E-state index contributed by atoms with van der Waals surface area (Å²) in [5, 5.41) is 2.90. The van der Waals surface area contributed by atoms with Gasteiger partial charge in [0.2, 0.25) is 0 Å². The molecule has 0 radical (unpaired) electrons. The van der Waals surface area contributed by atoms with Crippen molar-refractivity contribution >= 4 is 40.4 Å². The Kier molecular flexibility index (Phi) is 6.51. The van der Waals surface area contributed by atoms with Crippen LogP contribution in [0.3, 0.4) is 0 Å². The highest BCUT2D eigenvalue weighted by atomic mass is 32.2. The molecule has 0 saturated carbocycles. The summed E-state index contributed by atoms with van der Waals surface area (Å²) in [6.45, 7) is 6.29. The number of rotatable bonds is 7. The molecule has 0 unspecified atom stereocenters. The minimum Gasteiger partial charge on any atom is -0.317 e. The van der Waals surface area contributed by atoms with Gasteiger partial charge in [-0.1, -0.05) is 63.2 Å². The number of anilines is 2. The number of urea groups is 2. The van der Waals surface area contributed by atoms with Crippen molar-refractivity contribution < 1.29 is 14.4 Å². The van der Waals surface area contributed by atoms with E-state index in [0.29, 0.717) is 12.1 Å². The Morgan fingerprint density at radius 1 is 0.967 bits per heavy atom. The fourth-order valence-electron chi connectivity index (χ4n) is 3.39. The van der Waals surface area contributed by atoms with Gasteiger partial charge in [-0.15, -0.1) is 0 Å². The van der Waals surface area contributed by atoms with Crippen molar-refractivity contribution in [2.75, 3.05) is 17.3 Å². The van der Waals surface area contributed by atoms with Crippen LogP contribution in [0, 0.1) is 0 Å². The normalized spacial score (nSPS) is 14.0. The van der Waals surface area contributed by atoms with E-state index in [1.165, 1.54) is 18.8 Å². The number of benzene rings is 2. The molecule has 1 saturated heterocycles. The van der Waals surface area contributed by atoms with Crippen molar-refractivity contribution in [2.45, 2.75) is 44.8 Å². The Morgan fingerprint density at radius 2 is 1.50 bits per heavy atom. The molecule has 3 rings (SSSR count). The lowest BCUT2D eigenvalue weighted by molar-refractivity contribution is 0.182. The van der Waals surface area contributed by atoms with Crippen LogP contribution >= 0.6 is 11.8 Å². The minimum atomic E-state index is -0.318. The van der Waals surface area contributed by atoms with Gasteiger partial charge in [0.1, 0.15) is 0 Å². The molecule has 1 fully saturated rings. The van der Waals surface area contributed by atoms with Gasteiger partial charge in [-0.2, -0.15) is 0 Å². The third-order valence-electron chi connectivity index (χ3n) is 4.98. The number of thioether (sulfide) groups is 1. The molecular formula is C23H27N3O3S. The monoisotopic (exact) mass is 425 g/mol. The Balaban J connectivity index is 1.56. The number of carbonyl (C=O) groups excluding carboxylic acids is 3. The quantitative estimate of drug-likeness (QED) is 0.581. The average Bonchev–Trinajstić information content (AvgIpc) is 2.70. The highest BCUT2D eigenvalue weighted by Gasteiger charge is 2.41. The fourth-order valence-corrected chi connectivity index (χ4v) is 4.37. The molecule has 0 aromatic heterocycles. The molecule has 1 heterocycles. The van der Waals surface area contributed by atoms with Crippen LogP contribution in [0.25, 0.3) is 0 Å². The summed E-state index contributed by atoms with van der Waals surface area (Å²) in [4.78, 5) is 38.0. The molecule has 2 aromatic rings. The van der Waals surface area contributed by atoms with E-state index in [-0.39, 0.29) is 22.0 Å². The van der Waals surface area contributed by atoms with Crippen LogP contribution in [-0.4, -0.2) is 34.0 Å². The predicted octanol–water partition coefficient (Wildman–Crippen LogP) is 6.11. The van der Waals surface area contributed by atoms with E-state index in [4.69, 9.17) is 0 Å². The number of amides is 5. The van der Waals surface area contributed by atoms with Crippen LogP contribution < -0.4 is 10.2 Å². The van der Waals surface area contributed by atoms with Crippen molar-refractivity contribution in [3.8, 4) is 0 Å². The number of hydrogen-bond acceptors (Lipinski definition) is 4. The number of imide groups is 2. The number of nitrogens with zero attached hydrogens (tertiary/aromatic N) is 2. The van der Waals surface area contributed by atoms with Crippen LogP contribution in [0.5, 0.6) is 0 Å². The third-order valence-corrected chi connectivity index (χ3v) is 6.02. The van der Waals surface area contributed by atoms with E-state index in [0.717, 1.165) is 39.5 Å².